The number of nitrogens with zero attached hydrogens (tertiary/aromatic N) is 2. The quantitative estimate of drug-likeness (QED) is 0.706. The normalized spacial score (nSPS) is 12.2. The highest BCUT2D eigenvalue weighted by molar-refractivity contribution is 5.92. The van der Waals surface area contributed by atoms with Gasteiger partial charge in [-0.3, -0.25) is 9.69 Å². The molecule has 0 aliphatic heterocycles. The van der Waals surface area contributed by atoms with Crippen molar-refractivity contribution in [1.29, 1.82) is 0 Å². The molecule has 1 aromatic carbocycles. The predicted molar refractivity (Wildman–Crippen MR) is 109 cm³/mol. The van der Waals surface area contributed by atoms with Gasteiger partial charge < -0.3 is 15.5 Å². The van der Waals surface area contributed by atoms with Crippen molar-refractivity contribution >= 4 is 23.3 Å². The lowest BCUT2D eigenvalue weighted by atomic mass is 10.0. The molecule has 0 saturated heterocycles. The standard InChI is InChI=1S/C20H34N4O2/c1-7-24(8-2)19(13-15(3)4)14-21-20(26)22-17-9-11-18(12-10-17)23(6)16(5)25/h9-12,15,19H,7-8,13-14H2,1-6H3,(H2,21,22,26). The summed E-state index contributed by atoms with van der Waals surface area (Å²) in [7, 11) is 1.72. The van der Waals surface area contributed by atoms with Gasteiger partial charge in [0.05, 0.1) is 0 Å². The molecule has 0 aliphatic rings. The van der Waals surface area contributed by atoms with Crippen LogP contribution in [-0.2, 0) is 4.79 Å². The zero-order valence-electron chi connectivity index (χ0n) is 17.0. The SMILES string of the molecule is CCN(CC)C(CNC(=O)Nc1ccc(N(C)C(C)=O)cc1)CC(C)C. The number of carbonyl (C=O) groups is 2. The largest absolute Gasteiger partial charge is 0.336 e. The minimum absolute atomic E-state index is 0.0314. The number of likely N-dealkylation sites (N-methyl/N-ethyl adjacent to an activating group) is 1. The Hall–Kier alpha value is -2.08. The summed E-state index contributed by atoms with van der Waals surface area (Å²) in [6.45, 7) is 12.8. The van der Waals surface area contributed by atoms with Gasteiger partial charge >= 0.3 is 6.03 Å². The van der Waals surface area contributed by atoms with Crippen LogP contribution in [0.1, 0.15) is 41.0 Å². The molecule has 6 heteroatoms. The molecule has 146 valence electrons. The molecule has 0 bridgehead atoms. The fourth-order valence-electron chi connectivity index (χ4n) is 2.98. The highest BCUT2D eigenvalue weighted by Crippen LogP contribution is 2.17. The van der Waals surface area contributed by atoms with Gasteiger partial charge in [0.1, 0.15) is 0 Å². The third-order valence-electron chi connectivity index (χ3n) is 4.56. The van der Waals surface area contributed by atoms with E-state index < -0.39 is 0 Å². The molecule has 6 nitrogen and oxygen atoms in total. The molecule has 0 fully saturated rings. The van der Waals surface area contributed by atoms with Crippen LogP contribution in [0.3, 0.4) is 0 Å². The smallest absolute Gasteiger partial charge is 0.319 e. The van der Waals surface area contributed by atoms with Gasteiger partial charge in [0.15, 0.2) is 0 Å². The first-order chi connectivity index (χ1) is 12.3. The van der Waals surface area contributed by atoms with Crippen molar-refractivity contribution in [1.82, 2.24) is 10.2 Å². The van der Waals surface area contributed by atoms with E-state index in [9.17, 15) is 9.59 Å². The summed E-state index contributed by atoms with van der Waals surface area (Å²) >= 11 is 0. The average Bonchev–Trinajstić information content (AvgIpc) is 2.60. The van der Waals surface area contributed by atoms with Crippen molar-refractivity contribution in [2.45, 2.75) is 47.1 Å². The minimum Gasteiger partial charge on any atom is -0.336 e. The van der Waals surface area contributed by atoms with Crippen molar-refractivity contribution in [2.24, 2.45) is 5.92 Å². The van der Waals surface area contributed by atoms with Crippen molar-refractivity contribution < 1.29 is 9.59 Å². The first-order valence-electron chi connectivity index (χ1n) is 9.41. The topological polar surface area (TPSA) is 64.7 Å². The molecule has 0 heterocycles. The Balaban J connectivity index is 2.60. The minimum atomic E-state index is -0.210. The first-order valence-corrected chi connectivity index (χ1v) is 9.41. The Kier molecular flexibility index (Phi) is 9.13. The number of anilines is 2. The number of amides is 3. The number of benzene rings is 1. The van der Waals surface area contributed by atoms with Crippen LogP contribution in [0.2, 0.25) is 0 Å². The number of carbonyl (C=O) groups excluding carboxylic acids is 2. The van der Waals surface area contributed by atoms with E-state index in [2.05, 4.69) is 43.2 Å². The fraction of sp³-hybridized carbons (Fsp3) is 0.600. The van der Waals surface area contributed by atoms with Gasteiger partial charge in [0.25, 0.3) is 0 Å². The summed E-state index contributed by atoms with van der Waals surface area (Å²) < 4.78 is 0. The summed E-state index contributed by atoms with van der Waals surface area (Å²) in [6, 6.07) is 7.35. The molecular formula is C20H34N4O2. The van der Waals surface area contributed by atoms with E-state index in [-0.39, 0.29) is 11.9 Å². The molecule has 1 unspecified atom stereocenters. The molecule has 0 spiro atoms. The average molecular weight is 363 g/mol. The maximum atomic E-state index is 12.2. The molecule has 1 rings (SSSR count). The Morgan fingerprint density at radius 1 is 1.08 bits per heavy atom. The summed E-state index contributed by atoms with van der Waals surface area (Å²) in [6.07, 6.45) is 1.05. The summed E-state index contributed by atoms with van der Waals surface area (Å²) in [5.41, 5.74) is 1.49. The van der Waals surface area contributed by atoms with Crippen LogP contribution in [0.4, 0.5) is 16.2 Å². The van der Waals surface area contributed by atoms with E-state index in [1.807, 2.05) is 12.1 Å². The molecule has 2 N–H and O–H groups in total. The molecule has 3 amide bonds. The van der Waals surface area contributed by atoms with Gasteiger partial charge in [-0.25, -0.2) is 4.79 Å². The molecule has 0 radical (unpaired) electrons. The maximum Gasteiger partial charge on any atom is 0.319 e. The van der Waals surface area contributed by atoms with Crippen molar-refractivity contribution in [3.05, 3.63) is 24.3 Å². The predicted octanol–water partition coefficient (Wildman–Crippen LogP) is 3.55. The van der Waals surface area contributed by atoms with Gasteiger partial charge in [0.2, 0.25) is 5.91 Å². The lowest BCUT2D eigenvalue weighted by molar-refractivity contribution is -0.116. The number of urea groups is 1. The summed E-state index contributed by atoms with van der Waals surface area (Å²) in [5, 5.41) is 5.83. The second-order valence-corrected chi connectivity index (χ2v) is 6.96. The third-order valence-corrected chi connectivity index (χ3v) is 4.56. The van der Waals surface area contributed by atoms with E-state index in [1.165, 1.54) is 6.92 Å². The second kappa shape index (κ2) is 10.8. The number of hydrogen-bond donors (Lipinski definition) is 2. The molecular weight excluding hydrogens is 328 g/mol. The number of rotatable bonds is 9. The van der Waals surface area contributed by atoms with Crippen LogP contribution in [0.5, 0.6) is 0 Å². The van der Waals surface area contributed by atoms with Crippen LogP contribution >= 0.6 is 0 Å². The fourth-order valence-corrected chi connectivity index (χ4v) is 2.98. The van der Waals surface area contributed by atoms with E-state index in [0.29, 0.717) is 24.2 Å². The van der Waals surface area contributed by atoms with Crippen molar-refractivity contribution in [3.63, 3.8) is 0 Å². The Morgan fingerprint density at radius 3 is 2.12 bits per heavy atom. The van der Waals surface area contributed by atoms with Gasteiger partial charge in [-0.15, -0.1) is 0 Å². The Morgan fingerprint density at radius 2 is 1.65 bits per heavy atom. The third kappa shape index (κ3) is 7.04. The van der Waals surface area contributed by atoms with Crippen molar-refractivity contribution in [3.8, 4) is 0 Å². The first kappa shape index (κ1) is 22.0. The molecule has 0 saturated carbocycles. The van der Waals surface area contributed by atoms with Crippen LogP contribution in [0.15, 0.2) is 24.3 Å². The van der Waals surface area contributed by atoms with E-state index in [1.54, 1.807) is 24.1 Å². The van der Waals surface area contributed by atoms with Crippen LogP contribution in [0, 0.1) is 5.92 Å². The Bertz CT molecular complexity index is 568. The van der Waals surface area contributed by atoms with Gasteiger partial charge in [-0.05, 0) is 49.7 Å². The van der Waals surface area contributed by atoms with Crippen LogP contribution < -0.4 is 15.5 Å². The lowest BCUT2D eigenvalue weighted by Crippen LogP contribution is -2.45. The van der Waals surface area contributed by atoms with E-state index >= 15 is 0 Å². The summed E-state index contributed by atoms with van der Waals surface area (Å²) in [4.78, 5) is 27.5. The number of hydrogen-bond acceptors (Lipinski definition) is 3. The van der Waals surface area contributed by atoms with Crippen molar-refractivity contribution in [2.75, 3.05) is 36.9 Å². The Labute approximate surface area is 157 Å². The lowest BCUT2D eigenvalue weighted by Gasteiger charge is -2.31. The summed E-state index contributed by atoms with van der Waals surface area (Å²) in [5.74, 6) is 0.548. The molecule has 0 aliphatic carbocycles. The molecule has 26 heavy (non-hydrogen) atoms. The molecule has 1 atom stereocenters. The van der Waals surface area contributed by atoms with Gasteiger partial charge in [-0.2, -0.15) is 0 Å². The van der Waals surface area contributed by atoms with E-state index in [4.69, 9.17) is 0 Å². The number of nitrogens with one attached hydrogen (secondary N) is 2. The molecule has 1 aromatic rings. The van der Waals surface area contributed by atoms with E-state index in [0.717, 1.165) is 25.2 Å². The zero-order chi connectivity index (χ0) is 19.7. The van der Waals surface area contributed by atoms with Gasteiger partial charge in [0, 0.05) is 37.9 Å². The zero-order valence-corrected chi connectivity index (χ0v) is 17.0. The highest BCUT2D eigenvalue weighted by atomic mass is 16.2. The van der Waals surface area contributed by atoms with Gasteiger partial charge in [-0.1, -0.05) is 27.7 Å². The molecule has 0 aromatic heterocycles. The van der Waals surface area contributed by atoms with Crippen LogP contribution in [-0.4, -0.2) is 49.6 Å². The second-order valence-electron chi connectivity index (χ2n) is 6.96. The maximum absolute atomic E-state index is 12.2. The van der Waals surface area contributed by atoms with Crippen LogP contribution in [0.25, 0.3) is 0 Å². The monoisotopic (exact) mass is 362 g/mol. The highest BCUT2D eigenvalue weighted by Gasteiger charge is 2.18.